The Morgan fingerprint density at radius 2 is 1.90 bits per heavy atom. The van der Waals surface area contributed by atoms with Crippen LogP contribution in [-0.4, -0.2) is 18.6 Å². The number of pyridine rings is 1. The van der Waals surface area contributed by atoms with Gasteiger partial charge in [0.05, 0.1) is 12.8 Å². The molecule has 112 valence electrons. The normalized spacial score (nSPS) is 13.7. The Morgan fingerprint density at radius 1 is 1.14 bits per heavy atom. The summed E-state index contributed by atoms with van der Waals surface area (Å²) in [5, 5.41) is 3.40. The molecule has 0 amide bonds. The van der Waals surface area contributed by atoms with Crippen molar-refractivity contribution in [3.8, 4) is 5.75 Å². The first-order chi connectivity index (χ1) is 10.3. The highest BCUT2D eigenvalue weighted by molar-refractivity contribution is 5.30. The number of hydrogen-bond acceptors (Lipinski definition) is 3. The standard InChI is InChI=1S/C18H24N2O/c1-4-10-21-17-11-16(12-20-13-17)18(19-3)14(2)15-8-6-5-7-9-15/h5-9,11-14,18-19H,4,10H2,1-3H3. The highest BCUT2D eigenvalue weighted by atomic mass is 16.5. The molecule has 0 saturated heterocycles. The third-order valence-corrected chi connectivity index (χ3v) is 3.70. The lowest BCUT2D eigenvalue weighted by Crippen LogP contribution is -2.22. The molecule has 1 heterocycles. The predicted molar refractivity (Wildman–Crippen MR) is 86.7 cm³/mol. The van der Waals surface area contributed by atoms with Gasteiger partial charge in [-0.3, -0.25) is 4.98 Å². The average Bonchev–Trinajstić information content (AvgIpc) is 2.55. The zero-order valence-electron chi connectivity index (χ0n) is 13.0. The number of ether oxygens (including phenoxy) is 1. The number of nitrogens with one attached hydrogen (secondary N) is 1. The van der Waals surface area contributed by atoms with Crippen molar-refractivity contribution in [1.29, 1.82) is 0 Å². The van der Waals surface area contributed by atoms with Gasteiger partial charge in [-0.2, -0.15) is 0 Å². The van der Waals surface area contributed by atoms with Gasteiger partial charge in [0, 0.05) is 18.2 Å². The topological polar surface area (TPSA) is 34.1 Å². The Morgan fingerprint density at radius 3 is 2.57 bits per heavy atom. The number of likely N-dealkylation sites (N-methyl/N-ethyl adjacent to an activating group) is 1. The monoisotopic (exact) mass is 284 g/mol. The van der Waals surface area contributed by atoms with Gasteiger partial charge in [-0.1, -0.05) is 44.2 Å². The van der Waals surface area contributed by atoms with Gasteiger partial charge in [0.1, 0.15) is 5.75 Å². The maximum absolute atomic E-state index is 5.69. The summed E-state index contributed by atoms with van der Waals surface area (Å²) in [5.41, 5.74) is 2.47. The lowest BCUT2D eigenvalue weighted by molar-refractivity contribution is 0.315. The Hall–Kier alpha value is -1.87. The fraction of sp³-hybridized carbons (Fsp3) is 0.389. The van der Waals surface area contributed by atoms with E-state index in [4.69, 9.17) is 4.74 Å². The van der Waals surface area contributed by atoms with Crippen LogP contribution in [0.5, 0.6) is 5.75 Å². The summed E-state index contributed by atoms with van der Waals surface area (Å²) >= 11 is 0. The van der Waals surface area contributed by atoms with Gasteiger partial charge >= 0.3 is 0 Å². The van der Waals surface area contributed by atoms with Crippen molar-refractivity contribution in [2.45, 2.75) is 32.2 Å². The van der Waals surface area contributed by atoms with Crippen molar-refractivity contribution in [3.63, 3.8) is 0 Å². The third kappa shape index (κ3) is 4.05. The van der Waals surface area contributed by atoms with Crippen LogP contribution < -0.4 is 10.1 Å². The van der Waals surface area contributed by atoms with Crippen LogP contribution in [0.15, 0.2) is 48.8 Å². The molecule has 0 radical (unpaired) electrons. The summed E-state index contributed by atoms with van der Waals surface area (Å²) < 4.78 is 5.69. The van der Waals surface area contributed by atoms with E-state index in [0.717, 1.165) is 24.3 Å². The summed E-state index contributed by atoms with van der Waals surface area (Å²) in [4.78, 5) is 4.32. The molecule has 3 heteroatoms. The molecule has 21 heavy (non-hydrogen) atoms. The van der Waals surface area contributed by atoms with Crippen LogP contribution in [0.1, 0.15) is 43.4 Å². The van der Waals surface area contributed by atoms with Crippen molar-refractivity contribution < 1.29 is 4.74 Å². The smallest absolute Gasteiger partial charge is 0.137 e. The fourth-order valence-electron chi connectivity index (χ4n) is 2.56. The minimum absolute atomic E-state index is 0.213. The van der Waals surface area contributed by atoms with Crippen LogP contribution in [0, 0.1) is 0 Å². The summed E-state index contributed by atoms with van der Waals surface area (Å²) in [7, 11) is 1.99. The summed E-state index contributed by atoms with van der Waals surface area (Å²) in [6, 6.07) is 12.8. The van der Waals surface area contributed by atoms with Crippen molar-refractivity contribution >= 4 is 0 Å². The molecule has 2 rings (SSSR count). The van der Waals surface area contributed by atoms with Crippen LogP contribution in [0.4, 0.5) is 0 Å². The van der Waals surface area contributed by atoms with Gasteiger partial charge in [-0.15, -0.1) is 0 Å². The molecule has 1 N–H and O–H groups in total. The van der Waals surface area contributed by atoms with E-state index in [1.807, 2.05) is 19.3 Å². The van der Waals surface area contributed by atoms with Gasteiger partial charge < -0.3 is 10.1 Å². The lowest BCUT2D eigenvalue weighted by Gasteiger charge is -2.24. The summed E-state index contributed by atoms with van der Waals surface area (Å²) in [6.45, 7) is 5.06. The second-order valence-corrected chi connectivity index (χ2v) is 5.27. The van der Waals surface area contributed by atoms with E-state index >= 15 is 0 Å². The second kappa shape index (κ2) is 7.79. The first-order valence-electron chi connectivity index (χ1n) is 7.56. The molecule has 1 aromatic heterocycles. The molecule has 2 unspecified atom stereocenters. The Bertz CT molecular complexity index is 542. The largest absolute Gasteiger partial charge is 0.492 e. The van der Waals surface area contributed by atoms with Crippen LogP contribution in [0.2, 0.25) is 0 Å². The van der Waals surface area contributed by atoms with E-state index in [1.54, 1.807) is 6.20 Å². The van der Waals surface area contributed by atoms with E-state index in [0.29, 0.717) is 5.92 Å². The molecular formula is C18H24N2O. The van der Waals surface area contributed by atoms with Gasteiger partial charge in [0.15, 0.2) is 0 Å². The average molecular weight is 284 g/mol. The molecule has 1 aromatic carbocycles. The summed E-state index contributed by atoms with van der Waals surface area (Å²) in [5.74, 6) is 1.20. The van der Waals surface area contributed by atoms with Gasteiger partial charge in [-0.05, 0) is 30.7 Å². The van der Waals surface area contributed by atoms with E-state index in [1.165, 1.54) is 5.56 Å². The zero-order chi connectivity index (χ0) is 15.1. The molecule has 0 spiro atoms. The van der Waals surface area contributed by atoms with Crippen molar-refractivity contribution in [2.75, 3.05) is 13.7 Å². The number of nitrogens with zero attached hydrogens (tertiary/aromatic N) is 1. The number of rotatable bonds is 7. The van der Waals surface area contributed by atoms with E-state index < -0.39 is 0 Å². The minimum Gasteiger partial charge on any atom is -0.492 e. The van der Waals surface area contributed by atoms with Crippen LogP contribution in [0.3, 0.4) is 0 Å². The second-order valence-electron chi connectivity index (χ2n) is 5.27. The van der Waals surface area contributed by atoms with Gasteiger partial charge in [-0.25, -0.2) is 0 Å². The maximum atomic E-state index is 5.69. The predicted octanol–water partition coefficient (Wildman–Crippen LogP) is 3.93. The van der Waals surface area contributed by atoms with Crippen molar-refractivity contribution in [3.05, 3.63) is 59.9 Å². The van der Waals surface area contributed by atoms with Gasteiger partial charge in [0.2, 0.25) is 0 Å². The highest BCUT2D eigenvalue weighted by Crippen LogP contribution is 2.31. The van der Waals surface area contributed by atoms with Crippen molar-refractivity contribution in [2.24, 2.45) is 0 Å². The third-order valence-electron chi connectivity index (χ3n) is 3.70. The molecule has 0 fully saturated rings. The SMILES string of the molecule is CCCOc1cncc(C(NC)C(C)c2ccccc2)c1. The Kier molecular flexibility index (Phi) is 5.76. The Labute approximate surface area is 127 Å². The first kappa shape index (κ1) is 15.5. The van der Waals surface area contributed by atoms with Crippen LogP contribution in [-0.2, 0) is 0 Å². The van der Waals surface area contributed by atoms with E-state index in [-0.39, 0.29) is 6.04 Å². The fourth-order valence-corrected chi connectivity index (χ4v) is 2.56. The maximum Gasteiger partial charge on any atom is 0.137 e. The Balaban J connectivity index is 2.20. The minimum atomic E-state index is 0.213. The van der Waals surface area contributed by atoms with Gasteiger partial charge in [0.25, 0.3) is 0 Å². The molecule has 0 aliphatic heterocycles. The molecule has 0 bridgehead atoms. The molecule has 3 nitrogen and oxygen atoms in total. The molecule has 2 atom stereocenters. The molecule has 0 saturated carbocycles. The first-order valence-corrected chi connectivity index (χ1v) is 7.56. The van der Waals surface area contributed by atoms with Crippen molar-refractivity contribution in [1.82, 2.24) is 10.3 Å². The molecule has 0 aliphatic carbocycles. The number of aromatic nitrogens is 1. The zero-order valence-corrected chi connectivity index (χ0v) is 13.0. The number of benzene rings is 1. The quantitative estimate of drug-likeness (QED) is 0.836. The van der Waals surface area contributed by atoms with E-state index in [2.05, 4.69) is 54.5 Å². The summed E-state index contributed by atoms with van der Waals surface area (Å²) in [6.07, 6.45) is 4.69. The molecular weight excluding hydrogens is 260 g/mol. The highest BCUT2D eigenvalue weighted by Gasteiger charge is 2.19. The van der Waals surface area contributed by atoms with Crippen LogP contribution in [0.25, 0.3) is 0 Å². The lowest BCUT2D eigenvalue weighted by atomic mass is 9.89. The molecule has 0 aliphatic rings. The van der Waals surface area contributed by atoms with Crippen LogP contribution >= 0.6 is 0 Å². The van der Waals surface area contributed by atoms with E-state index in [9.17, 15) is 0 Å². The molecule has 2 aromatic rings. The number of hydrogen-bond donors (Lipinski definition) is 1.